The first kappa shape index (κ1) is 13.5. The van der Waals surface area contributed by atoms with Crippen molar-refractivity contribution in [1.29, 1.82) is 0 Å². The molecule has 0 aliphatic rings. The van der Waals surface area contributed by atoms with Crippen LogP contribution < -0.4 is 11.5 Å². The summed E-state index contributed by atoms with van der Waals surface area (Å²) in [7, 11) is 0. The van der Waals surface area contributed by atoms with Gasteiger partial charge in [0.05, 0.1) is 5.52 Å². The minimum absolute atomic E-state index is 0.215. The van der Waals surface area contributed by atoms with Crippen LogP contribution in [0.3, 0.4) is 0 Å². The third-order valence-electron chi connectivity index (χ3n) is 3.33. The van der Waals surface area contributed by atoms with Crippen molar-refractivity contribution in [1.82, 2.24) is 4.98 Å². The van der Waals surface area contributed by atoms with E-state index in [-0.39, 0.29) is 6.42 Å². The second-order valence-electron chi connectivity index (χ2n) is 4.82. The molecule has 0 aliphatic heterocycles. The Labute approximate surface area is 118 Å². The Morgan fingerprint density at radius 2 is 2.00 bits per heavy atom. The summed E-state index contributed by atoms with van der Waals surface area (Å²) in [4.78, 5) is 13.6. The van der Waals surface area contributed by atoms with E-state index >= 15 is 0 Å². The molecule has 1 heterocycles. The molecule has 1 aromatic heterocycles. The Bertz CT molecular complexity index is 854. The topological polar surface area (TPSA) is 72.0 Å². The van der Waals surface area contributed by atoms with Gasteiger partial charge in [0.15, 0.2) is 5.58 Å². The first-order valence-corrected chi connectivity index (χ1v) is 6.35. The van der Waals surface area contributed by atoms with E-state index in [2.05, 4.69) is 4.98 Å². The van der Waals surface area contributed by atoms with E-state index < -0.39 is 23.4 Å². The Hall–Kier alpha value is -2.47. The molecule has 0 saturated heterocycles. The fourth-order valence-corrected chi connectivity index (χ4v) is 2.23. The summed E-state index contributed by atoms with van der Waals surface area (Å²) < 4.78 is 31.4. The second kappa shape index (κ2) is 5.14. The molecule has 2 aromatic carbocycles. The molecule has 0 saturated carbocycles. The van der Waals surface area contributed by atoms with Crippen molar-refractivity contribution in [3.63, 3.8) is 0 Å². The third-order valence-corrected chi connectivity index (χ3v) is 3.33. The van der Waals surface area contributed by atoms with Gasteiger partial charge in [-0.25, -0.2) is 13.6 Å². The maximum Gasteiger partial charge on any atom is 0.417 e. The monoisotopic (exact) mass is 290 g/mol. The molecule has 3 N–H and O–H groups in total. The lowest BCUT2D eigenvalue weighted by atomic mass is 9.99. The highest BCUT2D eigenvalue weighted by Crippen LogP contribution is 2.21. The number of oxazole rings is 1. The summed E-state index contributed by atoms with van der Waals surface area (Å²) >= 11 is 0. The molecule has 0 fully saturated rings. The summed E-state index contributed by atoms with van der Waals surface area (Å²) in [6.07, 6.45) is 0.215. The van der Waals surface area contributed by atoms with Crippen LogP contribution in [0, 0.1) is 11.6 Å². The van der Waals surface area contributed by atoms with E-state index in [0.29, 0.717) is 22.2 Å². The van der Waals surface area contributed by atoms with Gasteiger partial charge in [0, 0.05) is 12.1 Å². The van der Waals surface area contributed by atoms with Gasteiger partial charge in [-0.1, -0.05) is 12.1 Å². The highest BCUT2D eigenvalue weighted by Gasteiger charge is 2.13. The first-order chi connectivity index (χ1) is 10.0. The number of benzene rings is 2. The highest BCUT2D eigenvalue weighted by atomic mass is 19.1. The van der Waals surface area contributed by atoms with E-state index in [0.717, 1.165) is 6.07 Å². The molecular formula is C15H12F2N2O2. The fraction of sp³-hybridized carbons (Fsp3) is 0.133. The number of aromatic nitrogens is 1. The van der Waals surface area contributed by atoms with Crippen LogP contribution in [0.1, 0.15) is 17.2 Å². The van der Waals surface area contributed by atoms with Crippen molar-refractivity contribution in [2.24, 2.45) is 5.73 Å². The molecular weight excluding hydrogens is 278 g/mol. The summed E-state index contributed by atoms with van der Waals surface area (Å²) in [5.41, 5.74) is 8.05. The number of hydrogen-bond acceptors (Lipinski definition) is 3. The number of rotatable bonds is 3. The van der Waals surface area contributed by atoms with Gasteiger partial charge in [-0.15, -0.1) is 0 Å². The van der Waals surface area contributed by atoms with E-state index in [4.69, 9.17) is 10.2 Å². The van der Waals surface area contributed by atoms with Crippen molar-refractivity contribution in [3.05, 3.63) is 69.7 Å². The maximum atomic E-state index is 13.6. The van der Waals surface area contributed by atoms with Crippen LogP contribution in [-0.4, -0.2) is 4.98 Å². The molecule has 0 radical (unpaired) electrons. The van der Waals surface area contributed by atoms with Crippen LogP contribution in [-0.2, 0) is 6.42 Å². The molecule has 3 aromatic rings. The van der Waals surface area contributed by atoms with Crippen molar-refractivity contribution < 1.29 is 13.2 Å². The second-order valence-corrected chi connectivity index (χ2v) is 4.82. The van der Waals surface area contributed by atoms with Gasteiger partial charge >= 0.3 is 5.76 Å². The van der Waals surface area contributed by atoms with E-state index in [1.54, 1.807) is 18.2 Å². The van der Waals surface area contributed by atoms with Gasteiger partial charge in [-0.05, 0) is 35.7 Å². The number of nitrogens with one attached hydrogen (secondary N) is 1. The number of aromatic amines is 1. The maximum absolute atomic E-state index is 13.6. The molecule has 3 rings (SSSR count). The van der Waals surface area contributed by atoms with Crippen molar-refractivity contribution in [2.45, 2.75) is 12.5 Å². The number of halogens is 2. The van der Waals surface area contributed by atoms with Gasteiger partial charge in [0.2, 0.25) is 0 Å². The normalized spacial score (nSPS) is 12.7. The van der Waals surface area contributed by atoms with Crippen LogP contribution >= 0.6 is 0 Å². The van der Waals surface area contributed by atoms with Crippen LogP contribution in [0.5, 0.6) is 0 Å². The Morgan fingerprint density at radius 1 is 1.19 bits per heavy atom. The predicted molar refractivity (Wildman–Crippen MR) is 73.8 cm³/mol. The number of fused-ring (bicyclic) bond motifs is 1. The lowest BCUT2D eigenvalue weighted by molar-refractivity contribution is 0.553. The molecule has 0 amide bonds. The van der Waals surface area contributed by atoms with Crippen LogP contribution in [0.15, 0.2) is 45.6 Å². The minimum atomic E-state index is -0.625. The predicted octanol–water partition coefficient (Wildman–Crippen LogP) is 2.64. The molecule has 0 spiro atoms. The van der Waals surface area contributed by atoms with Gasteiger partial charge in [-0.3, -0.25) is 4.98 Å². The highest BCUT2D eigenvalue weighted by molar-refractivity contribution is 5.72. The molecule has 0 aliphatic carbocycles. The zero-order valence-electron chi connectivity index (χ0n) is 10.9. The lowest BCUT2D eigenvalue weighted by Gasteiger charge is -2.12. The Balaban J connectivity index is 1.89. The standard InChI is InChI=1S/C15H12F2N2O2/c16-10-3-1-8(11(17)7-10)5-12(18)9-2-4-13-14(6-9)21-15(20)19-13/h1-4,6-7,12H,5,18H2,(H,19,20). The molecule has 4 nitrogen and oxygen atoms in total. The summed E-state index contributed by atoms with van der Waals surface area (Å²) in [6.45, 7) is 0. The zero-order valence-corrected chi connectivity index (χ0v) is 10.9. The van der Waals surface area contributed by atoms with Gasteiger partial charge < -0.3 is 10.2 Å². The molecule has 1 atom stereocenters. The average Bonchev–Trinajstić information content (AvgIpc) is 2.80. The lowest BCUT2D eigenvalue weighted by Crippen LogP contribution is -2.14. The van der Waals surface area contributed by atoms with Crippen molar-refractivity contribution in [3.8, 4) is 0 Å². The Kier molecular flexibility index (Phi) is 3.31. The molecule has 0 bridgehead atoms. The van der Waals surface area contributed by atoms with E-state index in [1.807, 2.05) is 0 Å². The smallest absolute Gasteiger partial charge is 0.408 e. The molecule has 6 heteroatoms. The molecule has 1 unspecified atom stereocenters. The molecule has 108 valence electrons. The van der Waals surface area contributed by atoms with E-state index in [1.165, 1.54) is 12.1 Å². The van der Waals surface area contributed by atoms with Crippen LogP contribution in [0.25, 0.3) is 11.1 Å². The quantitative estimate of drug-likeness (QED) is 0.779. The SMILES string of the molecule is NC(Cc1ccc(F)cc1F)c1ccc2[nH]c(=O)oc2c1. The number of hydrogen-bond donors (Lipinski definition) is 2. The molecule has 21 heavy (non-hydrogen) atoms. The first-order valence-electron chi connectivity index (χ1n) is 6.35. The van der Waals surface area contributed by atoms with Crippen LogP contribution in [0.2, 0.25) is 0 Å². The van der Waals surface area contributed by atoms with Crippen molar-refractivity contribution >= 4 is 11.1 Å². The number of nitrogens with two attached hydrogens (primary N) is 1. The summed E-state index contributed by atoms with van der Waals surface area (Å²) in [5, 5.41) is 0. The Morgan fingerprint density at radius 3 is 2.76 bits per heavy atom. The largest absolute Gasteiger partial charge is 0.417 e. The van der Waals surface area contributed by atoms with Crippen molar-refractivity contribution in [2.75, 3.05) is 0 Å². The summed E-state index contributed by atoms with van der Waals surface area (Å²) in [5.74, 6) is -1.79. The number of H-pyrrole nitrogens is 1. The van der Waals surface area contributed by atoms with Gasteiger partial charge in [0.25, 0.3) is 0 Å². The minimum Gasteiger partial charge on any atom is -0.408 e. The zero-order chi connectivity index (χ0) is 15.0. The average molecular weight is 290 g/mol. The fourth-order valence-electron chi connectivity index (χ4n) is 2.23. The van der Waals surface area contributed by atoms with E-state index in [9.17, 15) is 13.6 Å². The third kappa shape index (κ3) is 2.71. The summed E-state index contributed by atoms with van der Waals surface area (Å²) in [6, 6.07) is 7.96. The van der Waals surface area contributed by atoms with Crippen LogP contribution in [0.4, 0.5) is 8.78 Å². The van der Waals surface area contributed by atoms with Gasteiger partial charge in [-0.2, -0.15) is 0 Å². The van der Waals surface area contributed by atoms with Gasteiger partial charge in [0.1, 0.15) is 11.6 Å².